The molecule has 1 atom stereocenters. The fourth-order valence-corrected chi connectivity index (χ4v) is 2.20. The van der Waals surface area contributed by atoms with Gasteiger partial charge >= 0.3 is 0 Å². The number of nitrogens with zero attached hydrogens (tertiary/aromatic N) is 3. The smallest absolute Gasteiger partial charge is 0.244 e. The van der Waals surface area contributed by atoms with Crippen molar-refractivity contribution in [2.24, 2.45) is 0 Å². The Hall–Kier alpha value is -1.85. The maximum Gasteiger partial charge on any atom is 0.244 e. The van der Waals surface area contributed by atoms with E-state index in [0.29, 0.717) is 11.6 Å². The molecule has 19 heavy (non-hydrogen) atoms. The fourth-order valence-electron chi connectivity index (χ4n) is 2.20. The first-order chi connectivity index (χ1) is 9.20. The standard InChI is InChI=1S/C13H21N5O/c1-3-15-11-8-14-9-12(17-11)16-10(2)13(19)18-6-4-5-7-18/h8-10H,3-7H2,1-2H3,(H2,15,16,17). The fraction of sp³-hybridized carbons (Fsp3) is 0.615. The molecule has 104 valence electrons. The van der Waals surface area contributed by atoms with E-state index in [1.54, 1.807) is 12.4 Å². The van der Waals surface area contributed by atoms with Gasteiger partial charge in [0.25, 0.3) is 0 Å². The predicted molar refractivity (Wildman–Crippen MR) is 75.1 cm³/mol. The van der Waals surface area contributed by atoms with Crippen LogP contribution >= 0.6 is 0 Å². The lowest BCUT2D eigenvalue weighted by atomic mass is 10.3. The molecule has 1 saturated heterocycles. The zero-order chi connectivity index (χ0) is 13.7. The minimum absolute atomic E-state index is 0.133. The number of amides is 1. The van der Waals surface area contributed by atoms with E-state index in [2.05, 4.69) is 20.6 Å². The number of hydrogen-bond acceptors (Lipinski definition) is 5. The van der Waals surface area contributed by atoms with Gasteiger partial charge in [0.05, 0.1) is 12.4 Å². The molecule has 2 heterocycles. The largest absolute Gasteiger partial charge is 0.369 e. The Labute approximate surface area is 113 Å². The molecule has 1 aromatic heterocycles. The van der Waals surface area contributed by atoms with Crippen LogP contribution in [0.25, 0.3) is 0 Å². The van der Waals surface area contributed by atoms with Gasteiger partial charge in [0.1, 0.15) is 17.7 Å². The number of carbonyl (C=O) groups excluding carboxylic acids is 1. The van der Waals surface area contributed by atoms with Gasteiger partial charge in [-0.05, 0) is 26.7 Å². The maximum absolute atomic E-state index is 12.2. The molecular formula is C13H21N5O. The van der Waals surface area contributed by atoms with Crippen molar-refractivity contribution in [1.82, 2.24) is 14.9 Å². The number of aromatic nitrogens is 2. The number of hydrogen-bond donors (Lipinski definition) is 2. The summed E-state index contributed by atoms with van der Waals surface area (Å²) in [6.45, 7) is 6.39. The molecule has 1 aliphatic rings. The molecule has 1 amide bonds. The van der Waals surface area contributed by atoms with Gasteiger partial charge in [0.2, 0.25) is 5.91 Å². The first kappa shape index (κ1) is 13.6. The predicted octanol–water partition coefficient (Wildman–Crippen LogP) is 1.33. The van der Waals surface area contributed by atoms with E-state index < -0.39 is 0 Å². The monoisotopic (exact) mass is 263 g/mol. The van der Waals surface area contributed by atoms with Gasteiger partial charge in [-0.2, -0.15) is 0 Å². The number of rotatable bonds is 5. The molecular weight excluding hydrogens is 242 g/mol. The third-order valence-electron chi connectivity index (χ3n) is 3.14. The minimum atomic E-state index is -0.274. The Morgan fingerprint density at radius 3 is 2.74 bits per heavy atom. The molecule has 1 unspecified atom stereocenters. The van der Waals surface area contributed by atoms with Crippen molar-refractivity contribution in [3.63, 3.8) is 0 Å². The van der Waals surface area contributed by atoms with Crippen LogP contribution in [0.4, 0.5) is 11.6 Å². The topological polar surface area (TPSA) is 70.2 Å². The van der Waals surface area contributed by atoms with Crippen molar-refractivity contribution >= 4 is 17.5 Å². The van der Waals surface area contributed by atoms with Crippen LogP contribution in [0.3, 0.4) is 0 Å². The number of nitrogens with one attached hydrogen (secondary N) is 2. The van der Waals surface area contributed by atoms with Crippen LogP contribution < -0.4 is 10.6 Å². The summed E-state index contributed by atoms with van der Waals surface area (Å²) in [5, 5.41) is 6.21. The number of carbonyl (C=O) groups is 1. The second-order valence-corrected chi connectivity index (χ2v) is 4.72. The molecule has 6 heteroatoms. The average Bonchev–Trinajstić information content (AvgIpc) is 2.92. The third kappa shape index (κ3) is 3.56. The summed E-state index contributed by atoms with van der Waals surface area (Å²) in [6.07, 6.45) is 5.51. The lowest BCUT2D eigenvalue weighted by molar-refractivity contribution is -0.130. The summed E-state index contributed by atoms with van der Waals surface area (Å²) in [7, 11) is 0. The van der Waals surface area contributed by atoms with Gasteiger partial charge in [-0.15, -0.1) is 0 Å². The molecule has 0 radical (unpaired) electrons. The molecule has 0 aliphatic carbocycles. The Morgan fingerprint density at radius 1 is 1.37 bits per heavy atom. The van der Waals surface area contributed by atoms with Crippen LogP contribution in [-0.4, -0.2) is 46.5 Å². The summed E-state index contributed by atoms with van der Waals surface area (Å²) < 4.78 is 0. The maximum atomic E-state index is 12.2. The highest BCUT2D eigenvalue weighted by atomic mass is 16.2. The van der Waals surface area contributed by atoms with Crippen LogP contribution in [0.15, 0.2) is 12.4 Å². The average molecular weight is 263 g/mol. The van der Waals surface area contributed by atoms with Crippen LogP contribution in [0, 0.1) is 0 Å². The molecule has 6 nitrogen and oxygen atoms in total. The molecule has 0 aromatic carbocycles. The van der Waals surface area contributed by atoms with E-state index in [1.807, 2.05) is 18.7 Å². The van der Waals surface area contributed by atoms with Crippen molar-refractivity contribution in [2.75, 3.05) is 30.3 Å². The summed E-state index contributed by atoms with van der Waals surface area (Å²) in [6, 6.07) is -0.274. The molecule has 1 aliphatic heterocycles. The Kier molecular flexibility index (Phi) is 4.54. The second-order valence-electron chi connectivity index (χ2n) is 4.72. The van der Waals surface area contributed by atoms with Crippen LogP contribution in [0.1, 0.15) is 26.7 Å². The van der Waals surface area contributed by atoms with Crippen molar-refractivity contribution in [3.8, 4) is 0 Å². The summed E-state index contributed by atoms with van der Waals surface area (Å²) in [5.41, 5.74) is 0. The van der Waals surface area contributed by atoms with Crippen molar-refractivity contribution < 1.29 is 4.79 Å². The first-order valence-electron chi connectivity index (χ1n) is 6.82. The van der Waals surface area contributed by atoms with Gasteiger partial charge < -0.3 is 15.5 Å². The minimum Gasteiger partial charge on any atom is -0.369 e. The van der Waals surface area contributed by atoms with Crippen molar-refractivity contribution in [2.45, 2.75) is 32.7 Å². The van der Waals surface area contributed by atoms with Crippen LogP contribution in [0.5, 0.6) is 0 Å². The Morgan fingerprint density at radius 2 is 2.05 bits per heavy atom. The Balaban J connectivity index is 1.95. The highest BCUT2D eigenvalue weighted by Crippen LogP contribution is 2.12. The van der Waals surface area contributed by atoms with Gasteiger partial charge in [-0.25, -0.2) is 4.98 Å². The van der Waals surface area contributed by atoms with Gasteiger partial charge in [-0.3, -0.25) is 9.78 Å². The number of likely N-dealkylation sites (tertiary alicyclic amines) is 1. The first-order valence-corrected chi connectivity index (χ1v) is 6.82. The van der Waals surface area contributed by atoms with Gasteiger partial charge in [0.15, 0.2) is 0 Å². The molecule has 0 bridgehead atoms. The number of anilines is 2. The molecule has 0 saturated carbocycles. The van der Waals surface area contributed by atoms with Crippen LogP contribution in [-0.2, 0) is 4.79 Å². The van der Waals surface area contributed by atoms with Gasteiger partial charge in [-0.1, -0.05) is 0 Å². The van der Waals surface area contributed by atoms with Gasteiger partial charge in [0, 0.05) is 19.6 Å². The highest BCUT2D eigenvalue weighted by Gasteiger charge is 2.23. The highest BCUT2D eigenvalue weighted by molar-refractivity contribution is 5.84. The van der Waals surface area contributed by atoms with Crippen molar-refractivity contribution in [3.05, 3.63) is 12.4 Å². The van der Waals surface area contributed by atoms with E-state index in [1.165, 1.54) is 0 Å². The van der Waals surface area contributed by atoms with E-state index in [9.17, 15) is 4.79 Å². The molecule has 1 fully saturated rings. The molecule has 1 aromatic rings. The molecule has 2 rings (SSSR count). The normalized spacial score (nSPS) is 16.2. The zero-order valence-corrected chi connectivity index (χ0v) is 11.5. The van der Waals surface area contributed by atoms with E-state index in [-0.39, 0.29) is 11.9 Å². The summed E-state index contributed by atoms with van der Waals surface area (Å²) in [5.74, 6) is 1.47. The lowest BCUT2D eigenvalue weighted by Gasteiger charge is -2.21. The SMILES string of the molecule is CCNc1cncc(NC(C)C(=O)N2CCCC2)n1. The second kappa shape index (κ2) is 6.36. The Bertz CT molecular complexity index is 431. The van der Waals surface area contributed by atoms with E-state index >= 15 is 0 Å². The van der Waals surface area contributed by atoms with E-state index in [4.69, 9.17) is 0 Å². The zero-order valence-electron chi connectivity index (χ0n) is 11.5. The third-order valence-corrected chi connectivity index (χ3v) is 3.14. The summed E-state index contributed by atoms with van der Waals surface area (Å²) >= 11 is 0. The molecule has 2 N–H and O–H groups in total. The van der Waals surface area contributed by atoms with E-state index in [0.717, 1.165) is 32.5 Å². The van der Waals surface area contributed by atoms with Crippen LogP contribution in [0.2, 0.25) is 0 Å². The summed E-state index contributed by atoms with van der Waals surface area (Å²) in [4.78, 5) is 22.5. The molecule has 0 spiro atoms. The lowest BCUT2D eigenvalue weighted by Crippen LogP contribution is -2.39. The van der Waals surface area contributed by atoms with Crippen molar-refractivity contribution in [1.29, 1.82) is 0 Å². The quantitative estimate of drug-likeness (QED) is 0.838.